The molecule has 1 heterocycles. The molecule has 136 valence electrons. The molecule has 4 rings (SSSR count). The number of H-pyrrole nitrogens is 1. The molecular weight excluding hydrogens is 349 g/mol. The molecule has 0 aliphatic heterocycles. The van der Waals surface area contributed by atoms with Gasteiger partial charge in [-0.2, -0.15) is 9.37 Å². The van der Waals surface area contributed by atoms with Crippen LogP contribution in [0, 0.1) is 23.6 Å². The summed E-state index contributed by atoms with van der Waals surface area (Å²) in [6.07, 6.45) is 8.19. The van der Waals surface area contributed by atoms with Crippen LogP contribution in [0.25, 0.3) is 0 Å². The van der Waals surface area contributed by atoms with Crippen LogP contribution in [0.15, 0.2) is 4.79 Å². The molecule has 2 unspecified atom stereocenters. The van der Waals surface area contributed by atoms with Crippen LogP contribution in [-0.4, -0.2) is 28.0 Å². The molecule has 3 aliphatic rings. The zero-order valence-corrected chi connectivity index (χ0v) is 14.6. The number of aromatic nitrogens is 2. The van der Waals surface area contributed by atoms with E-state index in [2.05, 4.69) is 10.3 Å². The second-order valence-corrected chi connectivity index (χ2v) is 8.07. The summed E-state index contributed by atoms with van der Waals surface area (Å²) in [5, 5.41) is 2.70. The predicted molar refractivity (Wildman–Crippen MR) is 89.0 cm³/mol. The van der Waals surface area contributed by atoms with E-state index in [0.717, 1.165) is 12.8 Å². The van der Waals surface area contributed by atoms with Gasteiger partial charge in [-0.15, -0.1) is 0 Å². The quantitative estimate of drug-likeness (QED) is 0.798. The fraction of sp³-hybridized carbons (Fsp3) is 0.706. The second-order valence-electron chi connectivity index (χ2n) is 7.70. The van der Waals surface area contributed by atoms with E-state index in [0.29, 0.717) is 17.8 Å². The maximum atomic E-state index is 13.8. The van der Waals surface area contributed by atoms with Crippen molar-refractivity contribution in [2.75, 3.05) is 6.61 Å². The first kappa shape index (κ1) is 16.8. The molecule has 0 saturated heterocycles. The maximum Gasteiger partial charge on any atom is 0.349 e. The molecule has 6 nitrogen and oxygen atoms in total. The minimum atomic E-state index is -0.971. The van der Waals surface area contributed by atoms with Crippen LogP contribution in [0.1, 0.15) is 44.9 Å². The van der Waals surface area contributed by atoms with Gasteiger partial charge >= 0.3 is 5.69 Å². The van der Waals surface area contributed by atoms with E-state index in [9.17, 15) is 14.0 Å². The third kappa shape index (κ3) is 3.14. The molecule has 1 aromatic heterocycles. The van der Waals surface area contributed by atoms with Gasteiger partial charge in [-0.1, -0.05) is 11.6 Å². The van der Waals surface area contributed by atoms with Gasteiger partial charge < -0.3 is 10.1 Å². The monoisotopic (exact) mass is 369 g/mol. The molecule has 3 fully saturated rings. The Balaban J connectivity index is 1.43. The van der Waals surface area contributed by atoms with Crippen LogP contribution in [0.4, 0.5) is 4.39 Å². The zero-order valence-electron chi connectivity index (χ0n) is 13.8. The van der Waals surface area contributed by atoms with E-state index in [-0.39, 0.29) is 18.1 Å². The minimum absolute atomic E-state index is 0.137. The summed E-state index contributed by atoms with van der Waals surface area (Å²) in [4.78, 5) is 29.1. The molecule has 1 aromatic rings. The molecular formula is C17H21ClFN3O3. The summed E-state index contributed by atoms with van der Waals surface area (Å²) in [5.74, 6) is 0.0953. The van der Waals surface area contributed by atoms with E-state index in [1.165, 1.54) is 32.1 Å². The summed E-state index contributed by atoms with van der Waals surface area (Å²) in [5.41, 5.74) is -0.956. The van der Waals surface area contributed by atoms with Gasteiger partial charge in [0.2, 0.25) is 5.82 Å². The Hall–Kier alpha value is -1.63. The van der Waals surface area contributed by atoms with E-state index < -0.39 is 22.5 Å². The van der Waals surface area contributed by atoms with Crippen molar-refractivity contribution in [3.8, 4) is 5.88 Å². The van der Waals surface area contributed by atoms with E-state index in [4.69, 9.17) is 16.3 Å². The molecule has 0 radical (unpaired) electrons. The van der Waals surface area contributed by atoms with Gasteiger partial charge in [-0.3, -0.25) is 9.78 Å². The summed E-state index contributed by atoms with van der Waals surface area (Å²) >= 11 is 5.55. The smallest absolute Gasteiger partial charge is 0.349 e. The zero-order chi connectivity index (χ0) is 17.6. The van der Waals surface area contributed by atoms with Crippen molar-refractivity contribution in [3.63, 3.8) is 0 Å². The Labute approximate surface area is 149 Å². The lowest BCUT2D eigenvalue weighted by atomic mass is 9.53. The number of aromatic amines is 1. The highest BCUT2D eigenvalue weighted by atomic mass is 35.5. The summed E-state index contributed by atoms with van der Waals surface area (Å²) in [7, 11) is 0. The Morgan fingerprint density at radius 1 is 1.32 bits per heavy atom. The number of hydrogen-bond acceptors (Lipinski definition) is 4. The molecule has 1 amide bonds. The fourth-order valence-corrected chi connectivity index (χ4v) is 5.42. The molecule has 2 atom stereocenters. The van der Waals surface area contributed by atoms with Crippen molar-refractivity contribution in [3.05, 3.63) is 21.5 Å². The number of carbonyl (C=O) groups is 1. The number of hydrogen-bond donors (Lipinski definition) is 2. The summed E-state index contributed by atoms with van der Waals surface area (Å²) in [6.45, 7) is -0.381. The topological polar surface area (TPSA) is 84.1 Å². The van der Waals surface area contributed by atoms with Gasteiger partial charge in [0, 0.05) is 5.54 Å². The van der Waals surface area contributed by atoms with E-state index in [1.54, 1.807) is 0 Å². The third-order valence-corrected chi connectivity index (χ3v) is 6.39. The number of nitrogens with zero attached hydrogens (tertiary/aromatic N) is 1. The number of rotatable bonds is 4. The standard InChI is InChI=1S/C17H21ClFN3O3/c18-14-13(19)15(21-16(24)20-14)25-8-12(23)22-17-6-9-1-3-11(17)4-2-10(5-9)7-17/h9-11H,1-8H2,(H,22,23)(H,20,21,24). The summed E-state index contributed by atoms with van der Waals surface area (Å²) in [6, 6.07) is 0. The van der Waals surface area contributed by atoms with Gasteiger partial charge in [0.15, 0.2) is 11.8 Å². The van der Waals surface area contributed by atoms with Crippen molar-refractivity contribution in [1.82, 2.24) is 15.3 Å². The SMILES string of the molecule is O=C(COc1nc(=O)[nH]c(Cl)c1F)NC12CC3CCC1CCC(C3)C2. The van der Waals surface area contributed by atoms with Crippen LogP contribution in [0.2, 0.25) is 5.15 Å². The fourth-order valence-electron chi connectivity index (χ4n) is 5.25. The minimum Gasteiger partial charge on any atom is -0.465 e. The Bertz CT molecular complexity index is 737. The molecule has 0 spiro atoms. The van der Waals surface area contributed by atoms with Crippen molar-refractivity contribution < 1.29 is 13.9 Å². The van der Waals surface area contributed by atoms with Crippen LogP contribution in [-0.2, 0) is 4.79 Å². The Kier molecular flexibility index (Phi) is 4.22. The van der Waals surface area contributed by atoms with Crippen LogP contribution in [0.3, 0.4) is 0 Å². The molecule has 25 heavy (non-hydrogen) atoms. The average Bonchev–Trinajstić information content (AvgIpc) is 2.54. The van der Waals surface area contributed by atoms with Gasteiger partial charge in [0.1, 0.15) is 0 Å². The lowest BCUT2D eigenvalue weighted by Crippen LogP contribution is -2.62. The molecule has 0 aromatic carbocycles. The normalized spacial score (nSPS) is 33.1. The van der Waals surface area contributed by atoms with Gasteiger partial charge in [-0.05, 0) is 62.7 Å². The molecule has 2 N–H and O–H groups in total. The lowest BCUT2D eigenvalue weighted by molar-refractivity contribution is -0.129. The first-order valence-electron chi connectivity index (χ1n) is 8.84. The third-order valence-electron chi connectivity index (χ3n) is 6.13. The largest absolute Gasteiger partial charge is 0.465 e. The van der Waals surface area contributed by atoms with E-state index in [1.807, 2.05) is 4.98 Å². The van der Waals surface area contributed by atoms with Crippen LogP contribution >= 0.6 is 11.6 Å². The van der Waals surface area contributed by atoms with Gasteiger partial charge in [-0.25, -0.2) is 4.79 Å². The average molecular weight is 370 g/mol. The number of fused-ring (bicyclic) bond motifs is 2. The van der Waals surface area contributed by atoms with Gasteiger partial charge in [0.05, 0.1) is 0 Å². The van der Waals surface area contributed by atoms with Crippen molar-refractivity contribution in [2.24, 2.45) is 17.8 Å². The highest BCUT2D eigenvalue weighted by Gasteiger charge is 2.52. The molecule has 8 heteroatoms. The number of amides is 1. The number of ether oxygens (including phenoxy) is 1. The Morgan fingerprint density at radius 3 is 2.68 bits per heavy atom. The van der Waals surface area contributed by atoms with Gasteiger partial charge in [0.25, 0.3) is 11.8 Å². The lowest BCUT2D eigenvalue weighted by Gasteiger charge is -2.57. The first-order chi connectivity index (χ1) is 11.9. The van der Waals surface area contributed by atoms with Crippen LogP contribution in [0.5, 0.6) is 5.88 Å². The number of carbonyl (C=O) groups excluding carboxylic acids is 1. The predicted octanol–water partition coefficient (Wildman–Crippen LogP) is 2.42. The first-order valence-corrected chi connectivity index (χ1v) is 9.22. The van der Waals surface area contributed by atoms with Crippen LogP contribution < -0.4 is 15.7 Å². The second kappa shape index (κ2) is 6.27. The number of nitrogens with one attached hydrogen (secondary N) is 2. The number of halogens is 2. The highest BCUT2D eigenvalue weighted by molar-refractivity contribution is 6.29. The maximum absolute atomic E-state index is 13.8. The van der Waals surface area contributed by atoms with Crippen molar-refractivity contribution >= 4 is 17.5 Å². The Morgan fingerprint density at radius 2 is 2.00 bits per heavy atom. The molecule has 3 aliphatic carbocycles. The van der Waals surface area contributed by atoms with E-state index >= 15 is 0 Å². The molecule has 3 bridgehead atoms. The highest BCUT2D eigenvalue weighted by Crippen LogP contribution is 2.54. The molecule has 3 saturated carbocycles. The van der Waals surface area contributed by atoms with Crippen molar-refractivity contribution in [1.29, 1.82) is 0 Å². The van der Waals surface area contributed by atoms with Crippen molar-refractivity contribution in [2.45, 2.75) is 50.5 Å². The summed E-state index contributed by atoms with van der Waals surface area (Å²) < 4.78 is 18.9.